The molecule has 0 radical (unpaired) electrons. The first kappa shape index (κ1) is 35.6. The van der Waals surface area contributed by atoms with Gasteiger partial charge in [0.2, 0.25) is 10.0 Å². The van der Waals surface area contributed by atoms with E-state index < -0.39 is 44.3 Å². The second-order valence-corrected chi connectivity index (χ2v) is 14.7. The third-order valence-electron chi connectivity index (χ3n) is 8.05. The van der Waals surface area contributed by atoms with E-state index in [0.29, 0.717) is 24.6 Å². The number of piperidine rings is 1. The van der Waals surface area contributed by atoms with Crippen molar-refractivity contribution in [3.8, 4) is 0 Å². The molecule has 0 saturated carbocycles. The number of rotatable bonds is 12. The topological polar surface area (TPSA) is 88.4 Å². The van der Waals surface area contributed by atoms with Crippen LogP contribution in [0.1, 0.15) is 90.4 Å². The van der Waals surface area contributed by atoms with Gasteiger partial charge in [-0.15, -0.1) is 6.58 Å². The molecule has 1 aromatic carbocycles. The molecule has 2 atom stereocenters. The Bertz CT molecular complexity index is 1640. The highest BCUT2D eigenvalue weighted by atomic mass is 32.2. The molecule has 250 valence electrons. The third-order valence-corrected chi connectivity index (χ3v) is 9.50. The molecule has 2 aromatic rings. The first-order valence-electron chi connectivity index (χ1n) is 16.0. The SMILES string of the molecule is C=CCC/C(=C\C(CCC)=NC(C)(C)C)c1cn(C2CCNCC2)nc1C1=C(F)C(NS(=O)(=O)c2cc(F)ccc2F)C(C)C=C1. The molecule has 46 heavy (non-hydrogen) atoms. The van der Waals surface area contributed by atoms with Gasteiger partial charge in [-0.1, -0.05) is 38.5 Å². The maximum atomic E-state index is 16.6. The van der Waals surface area contributed by atoms with E-state index in [4.69, 9.17) is 10.1 Å². The zero-order valence-corrected chi connectivity index (χ0v) is 28.2. The fraction of sp³-hybridized carbons (Fsp3) is 0.486. The van der Waals surface area contributed by atoms with Crippen molar-refractivity contribution in [1.29, 1.82) is 0 Å². The molecule has 2 unspecified atom stereocenters. The van der Waals surface area contributed by atoms with E-state index in [1.54, 1.807) is 19.1 Å². The molecule has 2 aliphatic rings. The van der Waals surface area contributed by atoms with Gasteiger partial charge in [0.25, 0.3) is 0 Å². The molecule has 2 N–H and O–H groups in total. The lowest BCUT2D eigenvalue weighted by molar-refractivity contribution is 0.342. The van der Waals surface area contributed by atoms with Crippen LogP contribution in [-0.4, -0.2) is 48.6 Å². The number of aliphatic imine (C=N–C) groups is 1. The molecule has 1 saturated heterocycles. The van der Waals surface area contributed by atoms with Gasteiger partial charge in [-0.3, -0.25) is 9.67 Å². The van der Waals surface area contributed by atoms with Crippen LogP contribution >= 0.6 is 0 Å². The van der Waals surface area contributed by atoms with E-state index in [2.05, 4.69) is 29.6 Å². The van der Waals surface area contributed by atoms with Gasteiger partial charge >= 0.3 is 0 Å². The summed E-state index contributed by atoms with van der Waals surface area (Å²) < 4.78 is 75.7. The Balaban J connectivity index is 1.88. The first-order chi connectivity index (χ1) is 21.7. The van der Waals surface area contributed by atoms with Crippen molar-refractivity contribution in [3.05, 3.63) is 84.0 Å². The van der Waals surface area contributed by atoms with Gasteiger partial charge in [0.1, 0.15) is 28.1 Å². The zero-order chi connectivity index (χ0) is 33.6. The van der Waals surface area contributed by atoms with Crippen LogP contribution in [0.5, 0.6) is 0 Å². The van der Waals surface area contributed by atoms with Gasteiger partial charge in [0.05, 0.1) is 17.6 Å². The lowest BCUT2D eigenvalue weighted by atomic mass is 9.88. The summed E-state index contributed by atoms with van der Waals surface area (Å²) in [6.45, 7) is 15.5. The quantitative estimate of drug-likeness (QED) is 0.181. The summed E-state index contributed by atoms with van der Waals surface area (Å²) in [5, 5.41) is 8.32. The van der Waals surface area contributed by atoms with Crippen LogP contribution in [0.4, 0.5) is 13.2 Å². The van der Waals surface area contributed by atoms with Crippen LogP contribution < -0.4 is 10.0 Å². The van der Waals surface area contributed by atoms with Crippen molar-refractivity contribution >= 4 is 26.9 Å². The van der Waals surface area contributed by atoms with Crippen LogP contribution in [0, 0.1) is 17.6 Å². The summed E-state index contributed by atoms with van der Waals surface area (Å²) >= 11 is 0. The Kier molecular flexibility index (Phi) is 11.7. The van der Waals surface area contributed by atoms with Crippen molar-refractivity contribution in [3.63, 3.8) is 0 Å². The van der Waals surface area contributed by atoms with Crippen molar-refractivity contribution in [2.75, 3.05) is 13.1 Å². The monoisotopic (exact) mass is 657 g/mol. The minimum Gasteiger partial charge on any atom is -0.317 e. The molecule has 7 nitrogen and oxygen atoms in total. The number of halogens is 3. The predicted octanol–water partition coefficient (Wildman–Crippen LogP) is 7.71. The summed E-state index contributed by atoms with van der Waals surface area (Å²) in [5.41, 5.74) is 2.83. The van der Waals surface area contributed by atoms with Gasteiger partial charge in [0.15, 0.2) is 0 Å². The minimum atomic E-state index is -4.62. The molecular weight excluding hydrogens is 611 g/mol. The van der Waals surface area contributed by atoms with Crippen LogP contribution in [0.15, 0.2) is 71.0 Å². The van der Waals surface area contributed by atoms with Gasteiger partial charge in [0, 0.05) is 23.0 Å². The molecule has 1 aliphatic carbocycles. The van der Waals surface area contributed by atoms with Crippen molar-refractivity contribution in [2.24, 2.45) is 10.9 Å². The summed E-state index contributed by atoms with van der Waals surface area (Å²) in [6, 6.07) is 0.899. The van der Waals surface area contributed by atoms with Crippen molar-refractivity contribution < 1.29 is 21.6 Å². The van der Waals surface area contributed by atoms with Gasteiger partial charge in [-0.2, -0.15) is 5.10 Å². The van der Waals surface area contributed by atoms with E-state index in [1.807, 2.05) is 37.7 Å². The molecule has 1 fully saturated rings. The molecule has 1 aliphatic heterocycles. The van der Waals surface area contributed by atoms with Gasteiger partial charge in [-0.25, -0.2) is 26.3 Å². The minimum absolute atomic E-state index is 0.105. The van der Waals surface area contributed by atoms with E-state index >= 15 is 4.39 Å². The highest BCUT2D eigenvalue weighted by Gasteiger charge is 2.34. The number of nitrogens with one attached hydrogen (secondary N) is 2. The third kappa shape index (κ3) is 8.74. The van der Waals surface area contributed by atoms with Crippen LogP contribution in [-0.2, 0) is 10.0 Å². The average Bonchev–Trinajstić information content (AvgIpc) is 3.43. The second-order valence-electron chi connectivity index (χ2n) is 13.0. The number of hydrogen-bond acceptors (Lipinski definition) is 5. The molecule has 4 rings (SSSR count). The largest absolute Gasteiger partial charge is 0.317 e. The molecule has 1 aromatic heterocycles. The van der Waals surface area contributed by atoms with Gasteiger partial charge < -0.3 is 5.32 Å². The first-order valence-corrected chi connectivity index (χ1v) is 17.5. The lowest BCUT2D eigenvalue weighted by Gasteiger charge is -2.26. The Morgan fingerprint density at radius 2 is 1.91 bits per heavy atom. The predicted molar refractivity (Wildman–Crippen MR) is 180 cm³/mol. The number of nitrogens with zero attached hydrogens (tertiary/aromatic N) is 3. The summed E-state index contributed by atoms with van der Waals surface area (Å²) in [6.07, 6.45) is 13.9. The molecule has 0 amide bonds. The lowest BCUT2D eigenvalue weighted by Crippen LogP contribution is -2.41. The molecule has 2 heterocycles. The Hall–Kier alpha value is -3.28. The summed E-state index contributed by atoms with van der Waals surface area (Å²) in [4.78, 5) is 4.10. The molecule has 11 heteroatoms. The maximum Gasteiger partial charge on any atom is 0.244 e. The van der Waals surface area contributed by atoms with Gasteiger partial charge in [-0.05, 0) is 102 Å². The number of benzene rings is 1. The van der Waals surface area contributed by atoms with E-state index in [-0.39, 0.29) is 17.2 Å². The molecule has 0 spiro atoms. The Labute approximate surface area is 271 Å². The van der Waals surface area contributed by atoms with Crippen LogP contribution in [0.25, 0.3) is 11.1 Å². The number of aromatic nitrogens is 2. The van der Waals surface area contributed by atoms with E-state index in [0.717, 1.165) is 67.8 Å². The van der Waals surface area contributed by atoms with Crippen LogP contribution in [0.3, 0.4) is 0 Å². The average molecular weight is 658 g/mol. The Morgan fingerprint density at radius 3 is 2.57 bits per heavy atom. The van der Waals surface area contributed by atoms with Crippen molar-refractivity contribution in [2.45, 2.75) is 95.7 Å². The van der Waals surface area contributed by atoms with Crippen LogP contribution in [0.2, 0.25) is 0 Å². The maximum absolute atomic E-state index is 16.6. The smallest absolute Gasteiger partial charge is 0.244 e. The number of sulfonamides is 1. The highest BCUT2D eigenvalue weighted by molar-refractivity contribution is 7.89. The fourth-order valence-corrected chi connectivity index (χ4v) is 7.15. The zero-order valence-electron chi connectivity index (χ0n) is 27.4. The number of allylic oxidation sites excluding steroid dienone is 5. The number of hydrogen-bond donors (Lipinski definition) is 2. The Morgan fingerprint density at radius 1 is 1.20 bits per heavy atom. The standard InChI is InChI=1S/C35H46F3N5O2S/c1-7-9-11-24(20-26(10-8-2)40-35(4,5)6)29-22-43(27-16-18-39-19-17-27)41-34(29)28-14-12-23(3)33(32(28)38)42-46(44,45)31-21-25(36)13-15-30(31)37/h7,12-15,20-23,27,33,39,42H,1,8-11,16-19H2,2-6H3/b24-20+,40-26?. The molecule has 0 bridgehead atoms. The fourth-order valence-electron chi connectivity index (χ4n) is 5.78. The summed E-state index contributed by atoms with van der Waals surface area (Å²) in [7, 11) is -4.62. The van der Waals surface area contributed by atoms with E-state index in [9.17, 15) is 17.2 Å². The second kappa shape index (κ2) is 15.1. The summed E-state index contributed by atoms with van der Waals surface area (Å²) in [5.74, 6) is -3.40. The van der Waals surface area contributed by atoms with E-state index in [1.165, 1.54) is 0 Å². The molecular formula is C35H46F3N5O2S. The normalized spacial score (nSPS) is 20.4. The van der Waals surface area contributed by atoms with Crippen molar-refractivity contribution in [1.82, 2.24) is 19.8 Å². The highest BCUT2D eigenvalue weighted by Crippen LogP contribution is 2.37.